The molecule has 1 aromatic carbocycles. The number of methoxy groups -OCH3 is 1. The number of hydrogen-bond acceptors (Lipinski definition) is 7. The van der Waals surface area contributed by atoms with E-state index in [1.807, 2.05) is 0 Å². The first-order chi connectivity index (χ1) is 18.0. The van der Waals surface area contributed by atoms with Gasteiger partial charge in [0, 0.05) is 17.8 Å². The second-order valence-electron chi connectivity index (χ2n) is 8.82. The van der Waals surface area contributed by atoms with Gasteiger partial charge in [0.05, 0.1) is 37.2 Å². The molecule has 2 heterocycles. The molecule has 38 heavy (non-hydrogen) atoms. The summed E-state index contributed by atoms with van der Waals surface area (Å²) in [6.07, 6.45) is -2.12. The van der Waals surface area contributed by atoms with Crippen LogP contribution in [0.15, 0.2) is 54.9 Å². The zero-order chi connectivity index (χ0) is 27.5. The van der Waals surface area contributed by atoms with Crippen LogP contribution < -0.4 is 20.1 Å². The van der Waals surface area contributed by atoms with E-state index in [0.29, 0.717) is 24.1 Å². The summed E-state index contributed by atoms with van der Waals surface area (Å²) in [7, 11) is 1.43. The van der Waals surface area contributed by atoms with Gasteiger partial charge in [-0.15, -0.1) is 0 Å². The van der Waals surface area contributed by atoms with Gasteiger partial charge in [-0.3, -0.25) is 14.6 Å². The van der Waals surface area contributed by atoms with Gasteiger partial charge in [0.2, 0.25) is 11.8 Å². The van der Waals surface area contributed by atoms with Crippen LogP contribution in [0.25, 0.3) is 0 Å². The largest absolute Gasteiger partial charge is 0.481 e. The number of aliphatic hydroxyl groups excluding tert-OH is 1. The lowest BCUT2D eigenvalue weighted by Crippen LogP contribution is -2.48. The minimum atomic E-state index is -4.68. The van der Waals surface area contributed by atoms with Gasteiger partial charge in [-0.05, 0) is 55.7 Å². The molecule has 1 atom stereocenters. The van der Waals surface area contributed by atoms with Gasteiger partial charge in [0.1, 0.15) is 17.0 Å². The fraction of sp³-hybridized carbons (Fsp3) is 0.308. The number of aromatic nitrogens is 2. The predicted octanol–water partition coefficient (Wildman–Crippen LogP) is 3.93. The van der Waals surface area contributed by atoms with Crippen molar-refractivity contribution < 1.29 is 37.3 Å². The number of nitrogens with one attached hydrogen (secondary N) is 2. The minimum absolute atomic E-state index is 0.0384. The van der Waals surface area contributed by atoms with Gasteiger partial charge >= 0.3 is 6.18 Å². The normalized spacial score (nSPS) is 14.8. The number of halogens is 3. The van der Waals surface area contributed by atoms with E-state index in [1.165, 1.54) is 56.8 Å². The highest BCUT2D eigenvalue weighted by Crippen LogP contribution is 2.39. The van der Waals surface area contributed by atoms with Crippen molar-refractivity contribution in [3.63, 3.8) is 0 Å². The van der Waals surface area contributed by atoms with Gasteiger partial charge in [-0.1, -0.05) is 6.07 Å². The molecule has 0 aliphatic heterocycles. The van der Waals surface area contributed by atoms with Gasteiger partial charge in [0.15, 0.2) is 0 Å². The second-order valence-corrected chi connectivity index (χ2v) is 8.82. The maximum absolute atomic E-state index is 13.5. The van der Waals surface area contributed by atoms with Crippen molar-refractivity contribution in [2.75, 3.05) is 7.11 Å². The highest BCUT2D eigenvalue weighted by molar-refractivity contribution is 6.00. The molecule has 1 aliphatic rings. The molecule has 1 saturated carbocycles. The average molecular weight is 531 g/mol. The third kappa shape index (κ3) is 6.20. The molecule has 0 bridgehead atoms. The summed E-state index contributed by atoms with van der Waals surface area (Å²) < 4.78 is 50.9. The standard InChI is InChI=1S/C26H25F3N4O5/c1-15(34)16-3-6-21(20(11-16)26(27,28)29)38-19-5-4-18(31-14-19)13-32-24(36)25(8-9-25)33-23(35)17-7-10-30-22(12-17)37-2/h3-7,10-12,14-15,34H,8-9,13H2,1-2H3,(H,32,36)(H,33,35). The molecular formula is C26H25F3N4O5. The Morgan fingerprint density at radius 1 is 1.13 bits per heavy atom. The van der Waals surface area contributed by atoms with Crippen molar-refractivity contribution in [3.05, 3.63) is 77.2 Å². The molecule has 1 aliphatic carbocycles. The van der Waals surface area contributed by atoms with Crippen molar-refractivity contribution in [2.24, 2.45) is 0 Å². The van der Waals surface area contributed by atoms with Crippen LogP contribution in [0.3, 0.4) is 0 Å². The van der Waals surface area contributed by atoms with E-state index in [0.717, 1.165) is 12.1 Å². The molecule has 0 radical (unpaired) electrons. The highest BCUT2D eigenvalue weighted by Gasteiger charge is 2.51. The Bertz CT molecular complexity index is 1330. The Labute approximate surface area is 216 Å². The van der Waals surface area contributed by atoms with E-state index in [9.17, 15) is 27.9 Å². The molecule has 4 rings (SSSR count). The van der Waals surface area contributed by atoms with Crippen LogP contribution in [0.1, 0.15) is 53.0 Å². The monoisotopic (exact) mass is 530 g/mol. The number of aliphatic hydroxyl groups is 1. The molecule has 1 fully saturated rings. The average Bonchev–Trinajstić information content (AvgIpc) is 3.68. The molecule has 0 spiro atoms. The summed E-state index contributed by atoms with van der Waals surface area (Å²) in [6, 6.07) is 9.26. The van der Waals surface area contributed by atoms with Crippen LogP contribution >= 0.6 is 0 Å². The third-order valence-electron chi connectivity index (χ3n) is 5.99. The van der Waals surface area contributed by atoms with Gasteiger partial charge in [-0.25, -0.2) is 4.98 Å². The van der Waals surface area contributed by atoms with Crippen LogP contribution in [0.5, 0.6) is 17.4 Å². The van der Waals surface area contributed by atoms with E-state index in [1.54, 1.807) is 0 Å². The first-order valence-corrected chi connectivity index (χ1v) is 11.6. The zero-order valence-corrected chi connectivity index (χ0v) is 20.5. The number of alkyl halides is 3. The minimum Gasteiger partial charge on any atom is -0.481 e. The molecule has 9 nitrogen and oxygen atoms in total. The number of amides is 2. The Morgan fingerprint density at radius 2 is 1.89 bits per heavy atom. The van der Waals surface area contributed by atoms with Crippen LogP contribution in [0.2, 0.25) is 0 Å². The first-order valence-electron chi connectivity index (χ1n) is 11.6. The second kappa shape index (κ2) is 10.7. The van der Waals surface area contributed by atoms with Gasteiger partial charge < -0.3 is 25.2 Å². The van der Waals surface area contributed by atoms with Gasteiger partial charge in [0.25, 0.3) is 5.91 Å². The number of carbonyl (C=O) groups is 2. The fourth-order valence-electron chi connectivity index (χ4n) is 3.65. The molecule has 2 amide bonds. The number of pyridine rings is 2. The molecule has 3 aromatic rings. The summed E-state index contributed by atoms with van der Waals surface area (Å²) in [4.78, 5) is 33.4. The Kier molecular flexibility index (Phi) is 7.53. The highest BCUT2D eigenvalue weighted by atomic mass is 19.4. The zero-order valence-electron chi connectivity index (χ0n) is 20.5. The maximum atomic E-state index is 13.5. The molecular weight excluding hydrogens is 505 g/mol. The van der Waals surface area contributed by atoms with Crippen LogP contribution in [0, 0.1) is 0 Å². The topological polar surface area (TPSA) is 123 Å². The van der Waals surface area contributed by atoms with Crippen molar-refractivity contribution >= 4 is 11.8 Å². The smallest absolute Gasteiger partial charge is 0.419 e. The molecule has 3 N–H and O–H groups in total. The third-order valence-corrected chi connectivity index (χ3v) is 5.99. The van der Waals surface area contributed by atoms with Crippen molar-refractivity contribution in [1.29, 1.82) is 0 Å². The lowest BCUT2D eigenvalue weighted by molar-refractivity contribution is -0.138. The Hall–Kier alpha value is -4.19. The summed E-state index contributed by atoms with van der Waals surface area (Å²) in [5.74, 6) is -0.895. The van der Waals surface area contributed by atoms with Crippen LogP contribution in [-0.2, 0) is 17.5 Å². The number of hydrogen-bond donors (Lipinski definition) is 3. The molecule has 0 saturated heterocycles. The first kappa shape index (κ1) is 26.9. The molecule has 1 unspecified atom stereocenters. The Balaban J connectivity index is 1.36. The number of benzene rings is 1. The summed E-state index contributed by atoms with van der Waals surface area (Å²) in [5, 5.41) is 15.1. The SMILES string of the molecule is COc1cc(C(=O)NC2(C(=O)NCc3ccc(Oc4ccc(C(C)O)cc4C(F)(F)F)cn3)CC2)ccn1. The van der Waals surface area contributed by atoms with Crippen molar-refractivity contribution in [2.45, 2.75) is 44.1 Å². The van der Waals surface area contributed by atoms with Gasteiger partial charge in [-0.2, -0.15) is 13.2 Å². The summed E-state index contributed by atoms with van der Waals surface area (Å²) >= 11 is 0. The quantitative estimate of drug-likeness (QED) is 0.383. The molecule has 12 heteroatoms. The van der Waals surface area contributed by atoms with Crippen LogP contribution in [0.4, 0.5) is 13.2 Å². The maximum Gasteiger partial charge on any atom is 0.419 e. The fourth-order valence-corrected chi connectivity index (χ4v) is 3.65. The van der Waals surface area contributed by atoms with E-state index in [-0.39, 0.29) is 29.6 Å². The lowest BCUT2D eigenvalue weighted by Gasteiger charge is -2.17. The van der Waals surface area contributed by atoms with Crippen LogP contribution in [-0.4, -0.2) is 39.5 Å². The van der Waals surface area contributed by atoms with E-state index >= 15 is 0 Å². The molecule has 2 aromatic heterocycles. The van der Waals surface area contributed by atoms with E-state index in [2.05, 4.69) is 20.6 Å². The Morgan fingerprint density at radius 3 is 2.50 bits per heavy atom. The number of ether oxygens (including phenoxy) is 2. The number of nitrogens with zero attached hydrogens (tertiary/aromatic N) is 2. The van der Waals surface area contributed by atoms with Crippen molar-refractivity contribution in [3.8, 4) is 17.4 Å². The summed E-state index contributed by atoms with van der Waals surface area (Å²) in [6.45, 7) is 1.41. The number of rotatable bonds is 9. The predicted molar refractivity (Wildman–Crippen MR) is 128 cm³/mol. The lowest BCUT2D eigenvalue weighted by atomic mass is 10.1. The summed E-state index contributed by atoms with van der Waals surface area (Å²) in [5.41, 5.74) is -1.19. The van der Waals surface area contributed by atoms with Crippen molar-refractivity contribution in [1.82, 2.24) is 20.6 Å². The number of carbonyl (C=O) groups excluding carboxylic acids is 2. The van der Waals surface area contributed by atoms with E-state index in [4.69, 9.17) is 9.47 Å². The molecule has 200 valence electrons. The van der Waals surface area contributed by atoms with E-state index < -0.39 is 35.0 Å².